The normalized spacial score (nSPS) is 11.6. The van der Waals surface area contributed by atoms with Gasteiger partial charge in [0.1, 0.15) is 11.9 Å². The van der Waals surface area contributed by atoms with Crippen LogP contribution in [0.25, 0.3) is 0 Å². The predicted octanol–water partition coefficient (Wildman–Crippen LogP) is 1.10. The van der Waals surface area contributed by atoms with Crippen LogP contribution in [-0.2, 0) is 11.3 Å². The average molecular weight is 240 g/mol. The molecule has 17 heavy (non-hydrogen) atoms. The number of rotatable bonds is 4. The van der Waals surface area contributed by atoms with Gasteiger partial charge in [0.15, 0.2) is 0 Å². The maximum absolute atomic E-state index is 13.2. The summed E-state index contributed by atoms with van der Waals surface area (Å²) in [7, 11) is 0. The van der Waals surface area contributed by atoms with Crippen molar-refractivity contribution in [2.75, 3.05) is 0 Å². The lowest BCUT2D eigenvalue weighted by Crippen LogP contribution is -2.44. The summed E-state index contributed by atoms with van der Waals surface area (Å²) in [6, 6.07) is 5.17. The first-order valence-corrected chi connectivity index (χ1v) is 5.01. The summed E-state index contributed by atoms with van der Waals surface area (Å²) in [6.45, 7) is 1.43. The van der Waals surface area contributed by atoms with Crippen molar-refractivity contribution < 1.29 is 19.1 Å². The molecule has 0 aromatic heterocycles. The van der Waals surface area contributed by atoms with E-state index in [1.54, 1.807) is 18.2 Å². The van der Waals surface area contributed by atoms with E-state index in [4.69, 9.17) is 5.11 Å². The predicted molar refractivity (Wildman–Crippen MR) is 58.9 cm³/mol. The van der Waals surface area contributed by atoms with E-state index in [0.29, 0.717) is 5.56 Å². The van der Waals surface area contributed by atoms with Gasteiger partial charge in [-0.15, -0.1) is 0 Å². The van der Waals surface area contributed by atoms with E-state index in [2.05, 4.69) is 5.32 Å². The Hall–Kier alpha value is -2.11. The molecular weight excluding hydrogens is 227 g/mol. The average Bonchev–Trinajstić information content (AvgIpc) is 2.26. The summed E-state index contributed by atoms with van der Waals surface area (Å²) in [5.41, 5.74) is 0.350. The van der Waals surface area contributed by atoms with E-state index < -0.39 is 23.9 Å². The molecule has 0 aliphatic rings. The number of carboxylic acid groups (broad SMARTS) is 1. The van der Waals surface area contributed by atoms with Crippen molar-refractivity contribution >= 4 is 12.0 Å². The highest BCUT2D eigenvalue weighted by Crippen LogP contribution is 2.05. The zero-order valence-corrected chi connectivity index (χ0v) is 9.24. The molecule has 0 saturated carbocycles. The van der Waals surface area contributed by atoms with Crippen molar-refractivity contribution in [2.45, 2.75) is 19.5 Å². The second kappa shape index (κ2) is 5.83. The number of halogens is 1. The fourth-order valence-electron chi connectivity index (χ4n) is 1.23. The van der Waals surface area contributed by atoms with Gasteiger partial charge in [-0.05, 0) is 13.0 Å². The largest absolute Gasteiger partial charge is 0.465 e. The van der Waals surface area contributed by atoms with E-state index in [-0.39, 0.29) is 6.54 Å². The first-order valence-electron chi connectivity index (χ1n) is 5.01. The minimum Gasteiger partial charge on any atom is -0.465 e. The third-order valence-electron chi connectivity index (χ3n) is 2.14. The van der Waals surface area contributed by atoms with Crippen LogP contribution >= 0.6 is 0 Å². The molecule has 3 N–H and O–H groups in total. The zero-order valence-electron chi connectivity index (χ0n) is 9.24. The standard InChI is InChI=1S/C11H13FN2O3/c1-7(14-11(16)17)10(15)13-6-8-4-2-3-5-9(8)12/h2-5,7,14H,6H2,1H3,(H,13,15)(H,16,17)/t7-/m0/s1. The maximum atomic E-state index is 13.2. The molecule has 1 rings (SSSR count). The summed E-state index contributed by atoms with van der Waals surface area (Å²) in [5.74, 6) is -0.915. The lowest BCUT2D eigenvalue weighted by molar-refractivity contribution is -0.122. The molecule has 0 fully saturated rings. The number of carbonyl (C=O) groups is 2. The SMILES string of the molecule is C[C@H](NC(=O)O)C(=O)NCc1ccccc1F. The van der Waals surface area contributed by atoms with Crippen LogP contribution < -0.4 is 10.6 Å². The highest BCUT2D eigenvalue weighted by atomic mass is 19.1. The Bertz CT molecular complexity index is 423. The lowest BCUT2D eigenvalue weighted by Gasteiger charge is -2.12. The van der Waals surface area contributed by atoms with Gasteiger partial charge in [0.05, 0.1) is 0 Å². The molecule has 1 atom stereocenters. The molecular formula is C11H13FN2O3. The van der Waals surface area contributed by atoms with E-state index >= 15 is 0 Å². The number of amides is 2. The Kier molecular flexibility index (Phi) is 4.45. The second-order valence-corrected chi connectivity index (χ2v) is 3.48. The minimum absolute atomic E-state index is 0.0249. The second-order valence-electron chi connectivity index (χ2n) is 3.48. The quantitative estimate of drug-likeness (QED) is 0.737. The molecule has 0 radical (unpaired) electrons. The molecule has 1 aromatic rings. The highest BCUT2D eigenvalue weighted by molar-refractivity contribution is 5.84. The molecule has 0 aliphatic carbocycles. The highest BCUT2D eigenvalue weighted by Gasteiger charge is 2.14. The van der Waals surface area contributed by atoms with Gasteiger partial charge in [-0.2, -0.15) is 0 Å². The Morgan fingerprint density at radius 1 is 1.41 bits per heavy atom. The van der Waals surface area contributed by atoms with Crippen molar-refractivity contribution in [1.29, 1.82) is 0 Å². The summed E-state index contributed by atoms with van der Waals surface area (Å²) in [5, 5.41) is 12.9. The van der Waals surface area contributed by atoms with Gasteiger partial charge >= 0.3 is 6.09 Å². The summed E-state index contributed by atoms with van der Waals surface area (Å²) in [6.07, 6.45) is -1.28. The number of carbonyl (C=O) groups excluding carboxylic acids is 1. The van der Waals surface area contributed by atoms with Gasteiger partial charge in [0.2, 0.25) is 5.91 Å². The Morgan fingerprint density at radius 3 is 2.65 bits per heavy atom. The maximum Gasteiger partial charge on any atom is 0.405 e. The summed E-state index contributed by atoms with van der Waals surface area (Å²) < 4.78 is 13.2. The number of nitrogens with one attached hydrogen (secondary N) is 2. The molecule has 0 unspecified atom stereocenters. The first-order chi connectivity index (χ1) is 8.00. The van der Waals surface area contributed by atoms with Crippen LogP contribution in [0.5, 0.6) is 0 Å². The van der Waals surface area contributed by atoms with E-state index in [0.717, 1.165) is 0 Å². The van der Waals surface area contributed by atoms with Crippen LogP contribution in [0.4, 0.5) is 9.18 Å². The number of hydrogen-bond donors (Lipinski definition) is 3. The minimum atomic E-state index is -1.28. The van der Waals surface area contributed by atoms with Gasteiger partial charge in [-0.1, -0.05) is 18.2 Å². The molecule has 0 bridgehead atoms. The fraction of sp³-hybridized carbons (Fsp3) is 0.273. The van der Waals surface area contributed by atoms with Crippen molar-refractivity contribution in [3.8, 4) is 0 Å². The van der Waals surface area contributed by atoms with E-state index in [1.807, 2.05) is 5.32 Å². The van der Waals surface area contributed by atoms with Crippen LogP contribution in [0.3, 0.4) is 0 Å². The Balaban J connectivity index is 2.48. The molecule has 92 valence electrons. The van der Waals surface area contributed by atoms with Crippen LogP contribution in [-0.4, -0.2) is 23.1 Å². The van der Waals surface area contributed by atoms with Crippen LogP contribution in [0.1, 0.15) is 12.5 Å². The molecule has 0 aliphatic heterocycles. The molecule has 1 aromatic carbocycles. The molecule has 0 spiro atoms. The zero-order chi connectivity index (χ0) is 12.8. The van der Waals surface area contributed by atoms with Gasteiger partial charge in [0.25, 0.3) is 0 Å². The Labute approximate surface area is 97.6 Å². The molecule has 2 amide bonds. The number of benzene rings is 1. The van der Waals surface area contributed by atoms with Crippen LogP contribution in [0.15, 0.2) is 24.3 Å². The molecule has 5 nitrogen and oxygen atoms in total. The van der Waals surface area contributed by atoms with Crippen LogP contribution in [0.2, 0.25) is 0 Å². The monoisotopic (exact) mass is 240 g/mol. The van der Waals surface area contributed by atoms with Crippen molar-refractivity contribution in [2.24, 2.45) is 0 Å². The van der Waals surface area contributed by atoms with Crippen LogP contribution in [0, 0.1) is 5.82 Å². The van der Waals surface area contributed by atoms with Crippen molar-refractivity contribution in [1.82, 2.24) is 10.6 Å². The first kappa shape index (κ1) is 13.0. The van der Waals surface area contributed by atoms with Gasteiger partial charge in [-0.25, -0.2) is 9.18 Å². The third-order valence-corrected chi connectivity index (χ3v) is 2.14. The third kappa shape index (κ3) is 4.10. The van der Waals surface area contributed by atoms with Gasteiger partial charge in [0, 0.05) is 12.1 Å². The lowest BCUT2D eigenvalue weighted by atomic mass is 10.2. The van der Waals surface area contributed by atoms with Crippen molar-refractivity contribution in [3.05, 3.63) is 35.6 Å². The molecule has 6 heteroatoms. The Morgan fingerprint density at radius 2 is 2.06 bits per heavy atom. The molecule has 0 heterocycles. The smallest absolute Gasteiger partial charge is 0.405 e. The number of hydrogen-bond acceptors (Lipinski definition) is 2. The summed E-state index contributed by atoms with van der Waals surface area (Å²) in [4.78, 5) is 21.7. The van der Waals surface area contributed by atoms with E-state index in [9.17, 15) is 14.0 Å². The van der Waals surface area contributed by atoms with Gasteiger partial charge in [-0.3, -0.25) is 4.79 Å². The fourth-order valence-corrected chi connectivity index (χ4v) is 1.23. The van der Waals surface area contributed by atoms with Crippen molar-refractivity contribution in [3.63, 3.8) is 0 Å². The summed E-state index contributed by atoms with van der Waals surface area (Å²) >= 11 is 0. The molecule has 0 saturated heterocycles. The topological polar surface area (TPSA) is 78.4 Å². The van der Waals surface area contributed by atoms with Gasteiger partial charge < -0.3 is 15.7 Å². The van der Waals surface area contributed by atoms with E-state index in [1.165, 1.54) is 13.0 Å².